The molecule has 31 heavy (non-hydrogen) atoms. The molecule has 2 aromatic rings. The molecule has 0 bridgehead atoms. The Balaban J connectivity index is 0.00000341. The molecule has 7 nitrogen and oxygen atoms in total. The van der Waals surface area contributed by atoms with Crippen LogP contribution in [0.1, 0.15) is 24.0 Å². The Bertz CT molecular complexity index is 968. The predicted molar refractivity (Wildman–Crippen MR) is 123 cm³/mol. The first kappa shape index (κ1) is 25.3. The average molecular weight is 471 g/mol. The lowest BCUT2D eigenvalue weighted by molar-refractivity contribution is 0.248. The van der Waals surface area contributed by atoms with Crippen LogP contribution in [0.4, 0.5) is 0 Å². The van der Waals surface area contributed by atoms with Crippen molar-refractivity contribution in [3.8, 4) is 17.2 Å². The SMILES string of the molecule is COc1cccc(S(=O)(=O)NCCCCN2CCc3cc(OC)c(OC)cc3C2)c1.Cl. The summed E-state index contributed by atoms with van der Waals surface area (Å²) in [5.41, 5.74) is 2.56. The van der Waals surface area contributed by atoms with Gasteiger partial charge in [0, 0.05) is 25.7 Å². The van der Waals surface area contributed by atoms with Gasteiger partial charge in [-0.2, -0.15) is 0 Å². The first-order chi connectivity index (χ1) is 14.5. The zero-order valence-electron chi connectivity index (χ0n) is 18.2. The lowest BCUT2D eigenvalue weighted by Gasteiger charge is -2.29. The van der Waals surface area contributed by atoms with E-state index in [1.807, 2.05) is 0 Å². The van der Waals surface area contributed by atoms with E-state index in [1.165, 1.54) is 24.3 Å². The van der Waals surface area contributed by atoms with Gasteiger partial charge in [0.1, 0.15) is 5.75 Å². The van der Waals surface area contributed by atoms with Gasteiger partial charge in [-0.25, -0.2) is 13.1 Å². The van der Waals surface area contributed by atoms with E-state index in [0.717, 1.165) is 50.4 Å². The zero-order chi connectivity index (χ0) is 21.6. The fourth-order valence-electron chi connectivity index (χ4n) is 3.65. The lowest BCUT2D eigenvalue weighted by atomic mass is 9.98. The summed E-state index contributed by atoms with van der Waals surface area (Å²) in [5.74, 6) is 2.05. The Morgan fingerprint density at radius 2 is 1.68 bits per heavy atom. The zero-order valence-corrected chi connectivity index (χ0v) is 19.9. The van der Waals surface area contributed by atoms with Gasteiger partial charge in [-0.1, -0.05) is 6.07 Å². The molecule has 1 aliphatic rings. The second kappa shape index (κ2) is 11.6. The normalized spacial score (nSPS) is 13.8. The Kier molecular flexibility index (Phi) is 9.43. The molecule has 0 unspecified atom stereocenters. The van der Waals surface area contributed by atoms with Crippen molar-refractivity contribution in [1.82, 2.24) is 9.62 Å². The van der Waals surface area contributed by atoms with Gasteiger partial charge in [0.25, 0.3) is 0 Å². The molecular formula is C22H31ClN2O5S. The van der Waals surface area contributed by atoms with Crippen LogP contribution in [0.15, 0.2) is 41.3 Å². The van der Waals surface area contributed by atoms with Crippen LogP contribution >= 0.6 is 12.4 Å². The summed E-state index contributed by atoms with van der Waals surface area (Å²) >= 11 is 0. The third-order valence-electron chi connectivity index (χ3n) is 5.34. The van der Waals surface area contributed by atoms with Crippen molar-refractivity contribution in [2.24, 2.45) is 0 Å². The molecule has 0 radical (unpaired) electrons. The maximum absolute atomic E-state index is 12.4. The van der Waals surface area contributed by atoms with Gasteiger partial charge in [-0.3, -0.25) is 4.90 Å². The minimum absolute atomic E-state index is 0. The number of nitrogens with zero attached hydrogens (tertiary/aromatic N) is 1. The van der Waals surface area contributed by atoms with Gasteiger partial charge < -0.3 is 14.2 Å². The number of hydrogen-bond donors (Lipinski definition) is 1. The summed E-state index contributed by atoms with van der Waals surface area (Å²) in [6.07, 6.45) is 2.67. The van der Waals surface area contributed by atoms with Gasteiger partial charge in [-0.05, 0) is 61.2 Å². The fourth-order valence-corrected chi connectivity index (χ4v) is 4.76. The van der Waals surface area contributed by atoms with Gasteiger partial charge in [-0.15, -0.1) is 12.4 Å². The summed E-state index contributed by atoms with van der Waals surface area (Å²) in [7, 11) is 1.30. The van der Waals surface area contributed by atoms with Crippen molar-refractivity contribution >= 4 is 22.4 Å². The number of hydrogen-bond acceptors (Lipinski definition) is 6. The number of fused-ring (bicyclic) bond motifs is 1. The molecule has 1 aliphatic heterocycles. The molecule has 0 amide bonds. The van der Waals surface area contributed by atoms with Crippen molar-refractivity contribution in [3.05, 3.63) is 47.5 Å². The van der Waals surface area contributed by atoms with Crippen LogP contribution in [0, 0.1) is 0 Å². The number of nitrogens with one attached hydrogen (secondary N) is 1. The van der Waals surface area contributed by atoms with Crippen LogP contribution in [0.3, 0.4) is 0 Å². The van der Waals surface area contributed by atoms with Crippen LogP contribution in [0.25, 0.3) is 0 Å². The maximum Gasteiger partial charge on any atom is 0.240 e. The van der Waals surface area contributed by atoms with E-state index < -0.39 is 10.0 Å². The van der Waals surface area contributed by atoms with E-state index >= 15 is 0 Å². The summed E-state index contributed by atoms with van der Waals surface area (Å²) in [4.78, 5) is 2.61. The first-order valence-electron chi connectivity index (χ1n) is 10.1. The number of halogens is 1. The third kappa shape index (κ3) is 6.49. The van der Waals surface area contributed by atoms with Crippen LogP contribution in [0.2, 0.25) is 0 Å². The van der Waals surface area contributed by atoms with Crippen molar-refractivity contribution in [2.45, 2.75) is 30.7 Å². The Labute approximate surface area is 191 Å². The molecule has 9 heteroatoms. The van der Waals surface area contributed by atoms with Gasteiger partial charge in [0.15, 0.2) is 11.5 Å². The second-order valence-electron chi connectivity index (χ2n) is 7.29. The molecule has 1 N–H and O–H groups in total. The van der Waals surface area contributed by atoms with E-state index in [9.17, 15) is 8.42 Å². The topological polar surface area (TPSA) is 77.1 Å². The van der Waals surface area contributed by atoms with Gasteiger partial charge >= 0.3 is 0 Å². The van der Waals surface area contributed by atoms with Crippen LogP contribution in [-0.4, -0.2) is 54.3 Å². The van der Waals surface area contributed by atoms with Crippen molar-refractivity contribution in [2.75, 3.05) is 41.0 Å². The van der Waals surface area contributed by atoms with E-state index in [4.69, 9.17) is 14.2 Å². The monoisotopic (exact) mass is 470 g/mol. The quantitative estimate of drug-likeness (QED) is 0.537. The maximum atomic E-state index is 12.4. The number of ether oxygens (including phenoxy) is 3. The molecule has 0 aliphatic carbocycles. The molecule has 1 heterocycles. The van der Waals surface area contributed by atoms with Crippen molar-refractivity contribution < 1.29 is 22.6 Å². The standard InChI is InChI=1S/C22H30N2O5S.ClH/c1-27-19-7-6-8-20(15-19)30(25,26)23-10-4-5-11-24-12-9-17-13-21(28-2)22(29-3)14-18(17)16-24;/h6-8,13-15,23H,4-5,9-12,16H2,1-3H3;1H. The number of benzene rings is 2. The Hall–Kier alpha value is -2.00. The summed E-state index contributed by atoms with van der Waals surface area (Å²) in [6.45, 7) is 3.19. The van der Waals surface area contributed by atoms with E-state index in [2.05, 4.69) is 21.8 Å². The lowest BCUT2D eigenvalue weighted by Crippen LogP contribution is -2.32. The second-order valence-corrected chi connectivity index (χ2v) is 9.05. The Morgan fingerprint density at radius 3 is 2.35 bits per heavy atom. The molecule has 0 aromatic heterocycles. The van der Waals surface area contributed by atoms with E-state index in [0.29, 0.717) is 12.3 Å². The summed E-state index contributed by atoms with van der Waals surface area (Å²) < 4.78 is 43.4. The molecule has 0 saturated carbocycles. The van der Waals surface area contributed by atoms with Crippen molar-refractivity contribution in [1.29, 1.82) is 0 Å². The van der Waals surface area contributed by atoms with E-state index in [1.54, 1.807) is 32.4 Å². The van der Waals surface area contributed by atoms with Crippen LogP contribution in [-0.2, 0) is 23.0 Å². The first-order valence-corrected chi connectivity index (χ1v) is 11.5. The largest absolute Gasteiger partial charge is 0.497 e. The number of sulfonamides is 1. The molecule has 0 atom stereocenters. The Morgan fingerprint density at radius 1 is 0.968 bits per heavy atom. The molecule has 172 valence electrons. The minimum Gasteiger partial charge on any atom is -0.497 e. The molecule has 2 aromatic carbocycles. The number of unbranched alkanes of at least 4 members (excludes halogenated alkanes) is 1. The number of rotatable bonds is 10. The minimum atomic E-state index is -3.52. The summed E-state index contributed by atoms with van der Waals surface area (Å²) in [5, 5.41) is 0. The highest BCUT2D eigenvalue weighted by molar-refractivity contribution is 7.89. The van der Waals surface area contributed by atoms with Gasteiger partial charge in [0.05, 0.1) is 26.2 Å². The molecule has 0 saturated heterocycles. The number of methoxy groups -OCH3 is 3. The molecule has 3 rings (SSSR count). The van der Waals surface area contributed by atoms with Crippen molar-refractivity contribution in [3.63, 3.8) is 0 Å². The molecule has 0 spiro atoms. The smallest absolute Gasteiger partial charge is 0.240 e. The van der Waals surface area contributed by atoms with Gasteiger partial charge in [0.2, 0.25) is 10.0 Å². The predicted octanol–water partition coefficient (Wildman–Crippen LogP) is 3.25. The highest BCUT2D eigenvalue weighted by Crippen LogP contribution is 2.33. The van der Waals surface area contributed by atoms with Crippen LogP contribution < -0.4 is 18.9 Å². The fraction of sp³-hybridized carbons (Fsp3) is 0.455. The van der Waals surface area contributed by atoms with E-state index in [-0.39, 0.29) is 17.3 Å². The molecule has 0 fully saturated rings. The highest BCUT2D eigenvalue weighted by atomic mass is 35.5. The third-order valence-corrected chi connectivity index (χ3v) is 6.80. The average Bonchev–Trinajstić information content (AvgIpc) is 2.77. The molecular weight excluding hydrogens is 440 g/mol. The summed E-state index contributed by atoms with van der Waals surface area (Å²) in [6, 6.07) is 10.6. The highest BCUT2D eigenvalue weighted by Gasteiger charge is 2.19. The van der Waals surface area contributed by atoms with Crippen LogP contribution in [0.5, 0.6) is 17.2 Å².